The van der Waals surface area contributed by atoms with Gasteiger partial charge in [0.05, 0.1) is 17.7 Å². The van der Waals surface area contributed by atoms with Crippen LogP contribution in [0.2, 0.25) is 0 Å². The molecule has 8 nitrogen and oxygen atoms in total. The van der Waals surface area contributed by atoms with E-state index in [1.807, 2.05) is 11.8 Å². The molecule has 2 heterocycles. The van der Waals surface area contributed by atoms with Gasteiger partial charge in [-0.25, -0.2) is 0 Å². The summed E-state index contributed by atoms with van der Waals surface area (Å²) in [5.41, 5.74) is 1.08. The van der Waals surface area contributed by atoms with Crippen LogP contribution in [0.15, 0.2) is 24.3 Å². The molecule has 3 rings (SSSR count). The average molecular weight is 420 g/mol. The molecule has 1 amide bonds. The summed E-state index contributed by atoms with van der Waals surface area (Å²) in [6.45, 7) is 4.83. The fraction of sp³-hybridized carbons (Fsp3) is 0.600. The summed E-state index contributed by atoms with van der Waals surface area (Å²) in [6, 6.07) is 8.46. The highest BCUT2D eigenvalue weighted by Gasteiger charge is 2.34. The Hall–Kier alpha value is -1.99. The maximum atomic E-state index is 12.9. The van der Waals surface area contributed by atoms with Crippen LogP contribution < -0.4 is 5.32 Å². The Bertz CT molecular complexity index is 851. The number of benzene rings is 1. The van der Waals surface area contributed by atoms with Gasteiger partial charge in [0.25, 0.3) is 10.2 Å². The maximum absolute atomic E-state index is 12.9. The molecule has 0 radical (unpaired) electrons. The van der Waals surface area contributed by atoms with Crippen LogP contribution in [0, 0.1) is 11.3 Å². The Labute approximate surface area is 173 Å². The van der Waals surface area contributed by atoms with Gasteiger partial charge in [-0.3, -0.25) is 9.69 Å². The van der Waals surface area contributed by atoms with Crippen LogP contribution in [0.25, 0.3) is 0 Å². The summed E-state index contributed by atoms with van der Waals surface area (Å²) >= 11 is 0. The second-order valence-corrected chi connectivity index (χ2v) is 9.54. The number of anilines is 1. The molecule has 0 aliphatic carbocycles. The number of hydrogen-bond acceptors (Lipinski definition) is 5. The summed E-state index contributed by atoms with van der Waals surface area (Å²) in [5, 5.41) is 11.8. The van der Waals surface area contributed by atoms with Crippen molar-refractivity contribution in [3.05, 3.63) is 29.8 Å². The maximum Gasteiger partial charge on any atom is 0.282 e. The van der Waals surface area contributed by atoms with Gasteiger partial charge < -0.3 is 5.32 Å². The molecule has 2 saturated heterocycles. The topological polar surface area (TPSA) is 96.7 Å². The minimum Gasteiger partial charge on any atom is -0.325 e. The van der Waals surface area contributed by atoms with Crippen molar-refractivity contribution in [3.63, 3.8) is 0 Å². The number of nitriles is 1. The number of carbonyl (C=O) groups excluding carboxylic acids is 1. The van der Waals surface area contributed by atoms with Crippen molar-refractivity contribution >= 4 is 21.8 Å². The first-order valence-electron chi connectivity index (χ1n) is 10.2. The van der Waals surface area contributed by atoms with Gasteiger partial charge in [-0.1, -0.05) is 18.9 Å². The van der Waals surface area contributed by atoms with E-state index >= 15 is 0 Å². The van der Waals surface area contributed by atoms with E-state index < -0.39 is 10.2 Å². The molecule has 9 heteroatoms. The molecular formula is C20H29N5O3S. The highest BCUT2D eigenvalue weighted by molar-refractivity contribution is 7.86. The first-order valence-corrected chi connectivity index (χ1v) is 11.6. The van der Waals surface area contributed by atoms with Gasteiger partial charge in [0.1, 0.15) is 0 Å². The average Bonchev–Trinajstić information content (AvgIpc) is 3.03. The standard InChI is InChI=1S/C20H29N5O3S/c1-17(20(26)22-19-8-6-7-18(15-19)16-21)23-11-13-25(14-12-23)29(27,28)24-9-4-2-3-5-10-24/h6-8,15,17H,2-5,9-14H2,1H3,(H,22,26). The molecule has 0 saturated carbocycles. The van der Waals surface area contributed by atoms with Crippen molar-refractivity contribution < 1.29 is 13.2 Å². The molecule has 1 N–H and O–H groups in total. The summed E-state index contributed by atoms with van der Waals surface area (Å²) in [5.74, 6) is -0.163. The molecule has 2 aliphatic heterocycles. The normalized spacial score (nSPS) is 21.1. The number of amides is 1. The lowest BCUT2D eigenvalue weighted by atomic mass is 10.2. The van der Waals surface area contributed by atoms with Crippen LogP contribution in [-0.4, -0.2) is 73.1 Å². The fourth-order valence-electron chi connectivity index (χ4n) is 3.84. The molecular weight excluding hydrogens is 390 g/mol. The van der Waals surface area contributed by atoms with E-state index in [0.717, 1.165) is 25.7 Å². The van der Waals surface area contributed by atoms with Gasteiger partial charge in [-0.15, -0.1) is 0 Å². The number of piperazine rings is 1. The molecule has 1 atom stereocenters. The Morgan fingerprint density at radius 1 is 1.03 bits per heavy atom. The Balaban J connectivity index is 1.55. The lowest BCUT2D eigenvalue weighted by Gasteiger charge is -2.38. The third kappa shape index (κ3) is 5.34. The number of hydrogen-bond donors (Lipinski definition) is 1. The molecule has 158 valence electrons. The largest absolute Gasteiger partial charge is 0.325 e. The second-order valence-electron chi connectivity index (χ2n) is 7.61. The number of nitrogens with zero attached hydrogens (tertiary/aromatic N) is 4. The lowest BCUT2D eigenvalue weighted by molar-refractivity contribution is -0.121. The van der Waals surface area contributed by atoms with E-state index in [2.05, 4.69) is 11.4 Å². The van der Waals surface area contributed by atoms with E-state index in [9.17, 15) is 13.2 Å². The van der Waals surface area contributed by atoms with Gasteiger partial charge in [0.15, 0.2) is 0 Å². The van der Waals surface area contributed by atoms with Gasteiger partial charge in [-0.05, 0) is 38.0 Å². The zero-order valence-electron chi connectivity index (χ0n) is 16.9. The van der Waals surface area contributed by atoms with Crippen molar-refractivity contribution in [2.45, 2.75) is 38.6 Å². The highest BCUT2D eigenvalue weighted by atomic mass is 32.2. The van der Waals surface area contributed by atoms with Crippen molar-refractivity contribution in [1.29, 1.82) is 5.26 Å². The van der Waals surface area contributed by atoms with Gasteiger partial charge in [-0.2, -0.15) is 22.3 Å². The number of nitrogens with one attached hydrogen (secondary N) is 1. The third-order valence-corrected chi connectivity index (χ3v) is 7.71. The predicted octanol–water partition coefficient (Wildman–Crippen LogP) is 1.62. The third-order valence-electron chi connectivity index (χ3n) is 5.68. The quantitative estimate of drug-likeness (QED) is 0.782. The summed E-state index contributed by atoms with van der Waals surface area (Å²) in [7, 11) is -3.43. The van der Waals surface area contributed by atoms with Crippen LogP contribution >= 0.6 is 0 Å². The second kappa shape index (κ2) is 9.67. The molecule has 1 aromatic carbocycles. The highest BCUT2D eigenvalue weighted by Crippen LogP contribution is 2.19. The SMILES string of the molecule is CC(C(=O)Nc1cccc(C#N)c1)N1CCN(S(=O)(=O)N2CCCCCC2)CC1. The van der Waals surface area contributed by atoms with Crippen molar-refractivity contribution in [2.24, 2.45) is 0 Å². The molecule has 0 aromatic heterocycles. The smallest absolute Gasteiger partial charge is 0.282 e. The Morgan fingerprint density at radius 3 is 2.28 bits per heavy atom. The van der Waals surface area contributed by atoms with Crippen LogP contribution in [0.5, 0.6) is 0 Å². The molecule has 0 spiro atoms. The monoisotopic (exact) mass is 419 g/mol. The first-order chi connectivity index (χ1) is 13.9. The summed E-state index contributed by atoms with van der Waals surface area (Å²) in [4.78, 5) is 14.6. The summed E-state index contributed by atoms with van der Waals surface area (Å²) < 4.78 is 29.0. The van der Waals surface area contributed by atoms with E-state index in [1.165, 1.54) is 0 Å². The molecule has 2 aliphatic rings. The van der Waals surface area contributed by atoms with Crippen LogP contribution in [0.1, 0.15) is 38.2 Å². The fourth-order valence-corrected chi connectivity index (χ4v) is 5.51. The Kier molecular flexibility index (Phi) is 7.24. The minimum atomic E-state index is -3.43. The van der Waals surface area contributed by atoms with Crippen LogP contribution in [0.3, 0.4) is 0 Å². The van der Waals surface area contributed by atoms with E-state index in [-0.39, 0.29) is 11.9 Å². The van der Waals surface area contributed by atoms with Crippen molar-refractivity contribution in [3.8, 4) is 6.07 Å². The number of rotatable bonds is 5. The van der Waals surface area contributed by atoms with Crippen LogP contribution in [0.4, 0.5) is 5.69 Å². The molecule has 1 aromatic rings. The molecule has 0 bridgehead atoms. The molecule has 29 heavy (non-hydrogen) atoms. The zero-order valence-corrected chi connectivity index (χ0v) is 17.7. The predicted molar refractivity (Wildman–Crippen MR) is 111 cm³/mol. The van der Waals surface area contributed by atoms with Crippen molar-refractivity contribution in [1.82, 2.24) is 13.5 Å². The van der Waals surface area contributed by atoms with Gasteiger partial charge >= 0.3 is 0 Å². The summed E-state index contributed by atoms with van der Waals surface area (Å²) in [6.07, 6.45) is 4.01. The first kappa shape index (κ1) is 21.7. The number of carbonyl (C=O) groups is 1. The molecule has 2 fully saturated rings. The van der Waals surface area contributed by atoms with Crippen molar-refractivity contribution in [2.75, 3.05) is 44.6 Å². The van der Waals surface area contributed by atoms with E-state index in [0.29, 0.717) is 50.5 Å². The minimum absolute atomic E-state index is 0.163. The van der Waals surface area contributed by atoms with E-state index in [1.54, 1.807) is 32.9 Å². The van der Waals surface area contributed by atoms with Gasteiger partial charge in [0, 0.05) is 45.0 Å². The zero-order chi connectivity index (χ0) is 20.9. The molecule has 1 unspecified atom stereocenters. The van der Waals surface area contributed by atoms with E-state index in [4.69, 9.17) is 5.26 Å². The van der Waals surface area contributed by atoms with Crippen LogP contribution in [-0.2, 0) is 15.0 Å². The van der Waals surface area contributed by atoms with Gasteiger partial charge in [0.2, 0.25) is 5.91 Å². The lowest BCUT2D eigenvalue weighted by Crippen LogP contribution is -2.56. The Morgan fingerprint density at radius 2 is 1.66 bits per heavy atom.